The Bertz CT molecular complexity index is 1550. The second-order valence-corrected chi connectivity index (χ2v) is 9.55. The van der Waals surface area contributed by atoms with Gasteiger partial charge in [-0.15, -0.1) is 10.2 Å². The predicted molar refractivity (Wildman–Crippen MR) is 144 cm³/mol. The summed E-state index contributed by atoms with van der Waals surface area (Å²) in [6.45, 7) is 0.441. The number of nitrogens with zero attached hydrogens (tertiary/aromatic N) is 5. The van der Waals surface area contributed by atoms with Gasteiger partial charge in [0, 0.05) is 21.4 Å². The molecule has 0 bridgehead atoms. The SMILES string of the molecule is COc1cc(/C=N/Nc2nnc3c4cc(Br)ccc4n(C)c3n2)ccc1OCc1ccc(Br)cc1. The van der Waals surface area contributed by atoms with Gasteiger partial charge in [-0.3, -0.25) is 0 Å². The van der Waals surface area contributed by atoms with Crippen LogP contribution in [0.4, 0.5) is 5.95 Å². The van der Waals surface area contributed by atoms with E-state index in [0.717, 1.165) is 42.1 Å². The lowest BCUT2D eigenvalue weighted by Crippen LogP contribution is -2.01. The molecule has 176 valence electrons. The molecule has 0 amide bonds. The van der Waals surface area contributed by atoms with Crippen molar-refractivity contribution in [3.63, 3.8) is 0 Å². The third kappa shape index (κ3) is 4.98. The molecule has 0 radical (unpaired) electrons. The van der Waals surface area contributed by atoms with Crippen LogP contribution in [0, 0.1) is 0 Å². The van der Waals surface area contributed by atoms with Crippen molar-refractivity contribution in [2.24, 2.45) is 12.1 Å². The average Bonchev–Trinajstić information content (AvgIpc) is 3.14. The van der Waals surface area contributed by atoms with Crippen LogP contribution in [0.3, 0.4) is 0 Å². The van der Waals surface area contributed by atoms with Gasteiger partial charge in [-0.2, -0.15) is 10.1 Å². The molecule has 0 saturated carbocycles. The zero-order valence-corrected chi connectivity index (χ0v) is 22.0. The minimum Gasteiger partial charge on any atom is -0.493 e. The number of methoxy groups -OCH3 is 1. The zero-order valence-electron chi connectivity index (χ0n) is 18.9. The topological polar surface area (TPSA) is 86.5 Å². The number of nitrogens with one attached hydrogen (secondary N) is 1. The summed E-state index contributed by atoms with van der Waals surface area (Å²) in [4.78, 5) is 4.58. The molecule has 0 atom stereocenters. The van der Waals surface area contributed by atoms with E-state index in [0.29, 0.717) is 24.1 Å². The van der Waals surface area contributed by atoms with Crippen LogP contribution >= 0.6 is 31.9 Å². The van der Waals surface area contributed by atoms with E-state index in [2.05, 4.69) is 57.6 Å². The zero-order chi connectivity index (χ0) is 24.4. The summed E-state index contributed by atoms with van der Waals surface area (Å²) >= 11 is 6.95. The molecule has 0 saturated heterocycles. The average molecular weight is 596 g/mol. The van der Waals surface area contributed by atoms with Crippen molar-refractivity contribution in [1.82, 2.24) is 19.7 Å². The Hall–Kier alpha value is -3.50. The minimum atomic E-state index is 0.306. The monoisotopic (exact) mass is 594 g/mol. The number of anilines is 1. The molecule has 35 heavy (non-hydrogen) atoms. The largest absolute Gasteiger partial charge is 0.493 e. The predicted octanol–water partition coefficient (Wildman–Crippen LogP) is 6.08. The van der Waals surface area contributed by atoms with Crippen LogP contribution in [0.2, 0.25) is 0 Å². The molecule has 2 heterocycles. The Morgan fingerprint density at radius 2 is 1.77 bits per heavy atom. The maximum absolute atomic E-state index is 5.93. The van der Waals surface area contributed by atoms with Crippen molar-refractivity contribution in [3.8, 4) is 11.5 Å². The summed E-state index contributed by atoms with van der Waals surface area (Å²) in [5, 5.41) is 13.8. The summed E-state index contributed by atoms with van der Waals surface area (Å²) < 4.78 is 15.4. The second-order valence-electron chi connectivity index (χ2n) is 7.72. The van der Waals surface area contributed by atoms with Gasteiger partial charge in [-0.25, -0.2) is 5.43 Å². The number of hydrogen-bond donors (Lipinski definition) is 1. The van der Waals surface area contributed by atoms with Crippen molar-refractivity contribution in [2.45, 2.75) is 6.61 Å². The van der Waals surface area contributed by atoms with E-state index >= 15 is 0 Å². The lowest BCUT2D eigenvalue weighted by molar-refractivity contribution is 0.284. The van der Waals surface area contributed by atoms with E-state index in [1.807, 2.05) is 72.3 Å². The lowest BCUT2D eigenvalue weighted by atomic mass is 10.2. The van der Waals surface area contributed by atoms with Crippen LogP contribution in [0.5, 0.6) is 11.5 Å². The first-order valence-electron chi connectivity index (χ1n) is 10.6. The lowest BCUT2D eigenvalue weighted by Gasteiger charge is -2.11. The van der Waals surface area contributed by atoms with Crippen molar-refractivity contribution in [3.05, 3.63) is 80.7 Å². The highest BCUT2D eigenvalue weighted by atomic mass is 79.9. The summed E-state index contributed by atoms with van der Waals surface area (Å²) in [5.74, 6) is 1.58. The fraction of sp³-hybridized carbons (Fsp3) is 0.120. The Morgan fingerprint density at radius 1 is 0.971 bits per heavy atom. The highest BCUT2D eigenvalue weighted by Gasteiger charge is 2.13. The number of aryl methyl sites for hydroxylation is 1. The van der Waals surface area contributed by atoms with Gasteiger partial charge in [0.15, 0.2) is 17.1 Å². The van der Waals surface area contributed by atoms with E-state index in [1.54, 1.807) is 13.3 Å². The van der Waals surface area contributed by atoms with Gasteiger partial charge in [-0.05, 0) is 59.7 Å². The first-order chi connectivity index (χ1) is 17.0. The Balaban J connectivity index is 1.30. The standard InChI is InChI=1S/C25H20Br2N6O2/c1-33-20-9-8-18(27)12-19(20)23-24(33)29-25(32-30-23)31-28-13-16-5-10-21(22(11-16)34-2)35-14-15-3-6-17(26)7-4-15/h3-13H,14H2,1-2H3,(H,29,31,32)/b28-13+. The van der Waals surface area contributed by atoms with Crippen molar-refractivity contribution in [2.75, 3.05) is 12.5 Å². The van der Waals surface area contributed by atoms with Gasteiger partial charge < -0.3 is 14.0 Å². The number of fused-ring (bicyclic) bond motifs is 3. The number of halogens is 2. The molecule has 8 nitrogen and oxygen atoms in total. The summed E-state index contributed by atoms with van der Waals surface area (Å²) in [7, 11) is 3.56. The fourth-order valence-corrected chi connectivity index (χ4v) is 4.29. The van der Waals surface area contributed by atoms with Crippen LogP contribution in [0.15, 0.2) is 74.7 Å². The molecule has 0 unspecified atom stereocenters. The summed E-state index contributed by atoms with van der Waals surface area (Å²) in [6.07, 6.45) is 1.66. The number of aromatic nitrogens is 4. The third-order valence-corrected chi connectivity index (χ3v) is 6.46. The molecule has 0 aliphatic heterocycles. The van der Waals surface area contributed by atoms with Crippen LogP contribution in [-0.4, -0.2) is 33.1 Å². The molecular formula is C25H20Br2N6O2. The van der Waals surface area contributed by atoms with E-state index in [4.69, 9.17) is 9.47 Å². The molecule has 2 aromatic heterocycles. The van der Waals surface area contributed by atoms with Crippen LogP contribution in [0.25, 0.3) is 22.1 Å². The molecule has 0 spiro atoms. The molecule has 0 aliphatic carbocycles. The van der Waals surface area contributed by atoms with Gasteiger partial charge in [-0.1, -0.05) is 44.0 Å². The first-order valence-corrected chi connectivity index (χ1v) is 12.2. The molecule has 10 heteroatoms. The first kappa shape index (κ1) is 23.3. The van der Waals surface area contributed by atoms with E-state index < -0.39 is 0 Å². The summed E-state index contributed by atoms with van der Waals surface area (Å²) in [6, 6.07) is 19.6. The highest BCUT2D eigenvalue weighted by Crippen LogP contribution is 2.29. The van der Waals surface area contributed by atoms with Crippen LogP contribution in [-0.2, 0) is 13.7 Å². The molecular weight excluding hydrogens is 576 g/mol. The number of hydrazone groups is 1. The molecule has 0 aliphatic rings. The number of hydrogen-bond acceptors (Lipinski definition) is 7. The Morgan fingerprint density at radius 3 is 2.57 bits per heavy atom. The van der Waals surface area contributed by atoms with Crippen molar-refractivity contribution >= 4 is 66.1 Å². The van der Waals surface area contributed by atoms with Crippen molar-refractivity contribution in [1.29, 1.82) is 0 Å². The van der Waals surface area contributed by atoms with Crippen molar-refractivity contribution < 1.29 is 9.47 Å². The van der Waals surface area contributed by atoms with Crippen LogP contribution in [0.1, 0.15) is 11.1 Å². The van der Waals surface area contributed by atoms with E-state index in [1.165, 1.54) is 0 Å². The number of ether oxygens (including phenoxy) is 2. The quantitative estimate of drug-likeness (QED) is 0.181. The normalized spacial score (nSPS) is 11.4. The second kappa shape index (κ2) is 10.0. The summed E-state index contributed by atoms with van der Waals surface area (Å²) in [5.41, 5.74) is 7.24. The Kier molecular flexibility index (Phi) is 6.65. The molecule has 5 rings (SSSR count). The van der Waals surface area contributed by atoms with Gasteiger partial charge in [0.25, 0.3) is 5.95 Å². The smallest absolute Gasteiger partial charge is 0.265 e. The van der Waals surface area contributed by atoms with E-state index in [9.17, 15) is 0 Å². The van der Waals surface area contributed by atoms with Gasteiger partial charge in [0.2, 0.25) is 0 Å². The van der Waals surface area contributed by atoms with Crippen LogP contribution < -0.4 is 14.9 Å². The van der Waals surface area contributed by atoms with Gasteiger partial charge in [0.1, 0.15) is 12.1 Å². The molecule has 1 N–H and O–H groups in total. The maximum atomic E-state index is 5.93. The van der Waals surface area contributed by atoms with Gasteiger partial charge in [0.05, 0.1) is 18.8 Å². The Labute approximate surface area is 218 Å². The fourth-order valence-electron chi connectivity index (χ4n) is 3.67. The van der Waals surface area contributed by atoms with E-state index in [-0.39, 0.29) is 0 Å². The maximum Gasteiger partial charge on any atom is 0.265 e. The highest BCUT2D eigenvalue weighted by molar-refractivity contribution is 9.10. The third-order valence-electron chi connectivity index (χ3n) is 5.43. The minimum absolute atomic E-state index is 0.306. The molecule has 5 aromatic rings. The number of rotatable bonds is 7. The van der Waals surface area contributed by atoms with Gasteiger partial charge >= 0.3 is 0 Å². The molecule has 0 fully saturated rings. The number of benzene rings is 3. The molecule has 3 aromatic carbocycles.